The molecule has 1 aliphatic heterocycles. The summed E-state index contributed by atoms with van der Waals surface area (Å²) in [4.78, 5) is 0. The van der Waals surface area contributed by atoms with E-state index in [0.717, 1.165) is 6.42 Å². The molecule has 3 aliphatic rings. The number of hydrogen-bond donors (Lipinski definition) is 0. The van der Waals surface area contributed by atoms with Gasteiger partial charge in [0.05, 0.1) is 5.56 Å². The van der Waals surface area contributed by atoms with E-state index in [9.17, 15) is 0 Å². The predicted molar refractivity (Wildman–Crippen MR) is 170 cm³/mol. The number of pyridine rings is 1. The average molecular weight is 527 g/mol. The smallest absolute Gasteiger partial charge is 0.177 e. The van der Waals surface area contributed by atoms with E-state index < -0.39 is 0 Å². The molecule has 0 saturated heterocycles. The summed E-state index contributed by atoms with van der Waals surface area (Å²) in [7, 11) is 0. The maximum Gasteiger partial charge on any atom is 0.219 e. The Morgan fingerprint density at radius 2 is 1.52 bits per heavy atom. The Morgan fingerprint density at radius 1 is 0.800 bits per heavy atom. The predicted octanol–water partition coefficient (Wildman–Crippen LogP) is 10.1. The molecule has 1 spiro atoms. The Hall–Kier alpha value is -3.19. The van der Waals surface area contributed by atoms with Crippen LogP contribution in [-0.4, -0.2) is 0 Å². The molecule has 0 saturated carbocycles. The normalized spacial score (nSPS) is 20.2. The van der Waals surface area contributed by atoms with Crippen molar-refractivity contribution in [3.63, 3.8) is 0 Å². The summed E-state index contributed by atoms with van der Waals surface area (Å²) in [5.74, 6) is 1.21. The van der Waals surface area contributed by atoms with Gasteiger partial charge in [0, 0.05) is 39.8 Å². The van der Waals surface area contributed by atoms with Crippen molar-refractivity contribution in [3.05, 3.63) is 100 Å². The summed E-state index contributed by atoms with van der Waals surface area (Å²) in [6, 6.07) is 21.1. The largest absolute Gasteiger partial charge is 0.219 e. The van der Waals surface area contributed by atoms with Crippen LogP contribution < -0.4 is 4.57 Å². The number of hydrogen-bond acceptors (Lipinski definition) is 0. The SMILES string of the molecule is CCC(CC)C1=CC2(CC(C(CC)CC)=C1)c1ccc3cccc4c3c1-c1c(c(C)c3ccccc3[n+]12)C4(C)C. The highest BCUT2D eigenvalue weighted by atomic mass is 15.1. The van der Waals surface area contributed by atoms with E-state index in [4.69, 9.17) is 0 Å². The molecule has 2 aliphatic carbocycles. The zero-order chi connectivity index (χ0) is 28.0. The summed E-state index contributed by atoms with van der Waals surface area (Å²) in [6.07, 6.45) is 11.2. The molecule has 7 rings (SSSR count). The molecule has 40 heavy (non-hydrogen) atoms. The van der Waals surface area contributed by atoms with Crippen LogP contribution in [0.4, 0.5) is 0 Å². The van der Waals surface area contributed by atoms with Gasteiger partial charge in [0.25, 0.3) is 0 Å². The lowest BCUT2D eigenvalue weighted by atomic mass is 9.67. The van der Waals surface area contributed by atoms with Gasteiger partial charge in [-0.25, -0.2) is 0 Å². The third kappa shape index (κ3) is 3.13. The van der Waals surface area contributed by atoms with Gasteiger partial charge >= 0.3 is 0 Å². The minimum Gasteiger partial charge on any atom is -0.177 e. The van der Waals surface area contributed by atoms with Crippen molar-refractivity contribution in [2.24, 2.45) is 11.8 Å². The van der Waals surface area contributed by atoms with E-state index >= 15 is 0 Å². The summed E-state index contributed by atoms with van der Waals surface area (Å²) in [5.41, 5.74) is 13.2. The molecule has 0 fully saturated rings. The van der Waals surface area contributed by atoms with E-state index in [-0.39, 0.29) is 11.0 Å². The molecule has 2 heterocycles. The highest BCUT2D eigenvalue weighted by Crippen LogP contribution is 2.58. The van der Waals surface area contributed by atoms with Crippen LogP contribution in [-0.2, 0) is 11.0 Å². The first-order valence-corrected chi connectivity index (χ1v) is 15.8. The fourth-order valence-corrected chi connectivity index (χ4v) is 9.04. The molecule has 0 amide bonds. The molecule has 1 nitrogen and oxygen atoms in total. The first kappa shape index (κ1) is 25.8. The first-order chi connectivity index (χ1) is 19.3. The van der Waals surface area contributed by atoms with Crippen LogP contribution in [0.1, 0.15) is 95.9 Å². The van der Waals surface area contributed by atoms with Crippen LogP contribution in [0.5, 0.6) is 0 Å². The van der Waals surface area contributed by atoms with Crippen LogP contribution in [0.15, 0.2) is 77.9 Å². The molecular formula is C39H44N+. The van der Waals surface area contributed by atoms with Gasteiger partial charge in [-0.3, -0.25) is 0 Å². The lowest BCUT2D eigenvalue weighted by Gasteiger charge is -2.35. The Labute approximate surface area is 240 Å². The van der Waals surface area contributed by atoms with E-state index in [1.54, 1.807) is 11.1 Å². The number of nitrogens with zero attached hydrogens (tertiary/aromatic N) is 1. The molecule has 1 unspecified atom stereocenters. The molecule has 204 valence electrons. The van der Waals surface area contributed by atoms with E-state index in [1.807, 2.05) is 0 Å². The minimum atomic E-state index is -0.209. The maximum atomic E-state index is 2.82. The number of rotatable bonds is 6. The second-order valence-corrected chi connectivity index (χ2v) is 13.2. The maximum absolute atomic E-state index is 2.82. The summed E-state index contributed by atoms with van der Waals surface area (Å²) >= 11 is 0. The second-order valence-electron chi connectivity index (χ2n) is 13.2. The first-order valence-electron chi connectivity index (χ1n) is 15.8. The van der Waals surface area contributed by atoms with Crippen molar-refractivity contribution in [2.75, 3.05) is 0 Å². The van der Waals surface area contributed by atoms with Gasteiger partial charge in [-0.05, 0) is 78.7 Å². The Balaban J connectivity index is 1.70. The van der Waals surface area contributed by atoms with Gasteiger partial charge in [-0.2, -0.15) is 4.57 Å². The summed E-state index contributed by atoms with van der Waals surface area (Å²) in [6.45, 7) is 16.8. The van der Waals surface area contributed by atoms with Gasteiger partial charge < -0.3 is 0 Å². The molecule has 4 aromatic rings. The minimum absolute atomic E-state index is 0.0769. The lowest BCUT2D eigenvalue weighted by Crippen LogP contribution is -2.56. The Bertz CT molecular complexity index is 1760. The van der Waals surface area contributed by atoms with Crippen LogP contribution in [0.2, 0.25) is 0 Å². The quantitative estimate of drug-likeness (QED) is 0.220. The van der Waals surface area contributed by atoms with Crippen molar-refractivity contribution < 1.29 is 4.57 Å². The highest BCUT2D eigenvalue weighted by molar-refractivity contribution is 6.06. The molecule has 0 radical (unpaired) electrons. The number of aromatic nitrogens is 1. The molecule has 1 aromatic heterocycles. The standard InChI is InChI=1S/C39H44N/c1-8-25(9-2)28-21-29(26(10-3)11-4)23-39(22-28)32-20-19-27-15-14-17-31-34(27)35(32)37-36(38(31,6)7)24(5)30-16-12-13-18-33(30)40(37)39/h12-22,25-26H,8-11,23H2,1-7H3/q+1. The fraction of sp³-hybridized carbons (Fsp3) is 0.410. The van der Waals surface area contributed by atoms with E-state index in [2.05, 4.69) is 120 Å². The van der Waals surface area contributed by atoms with Crippen molar-refractivity contribution in [2.45, 2.75) is 91.5 Å². The molecule has 0 N–H and O–H groups in total. The zero-order valence-corrected chi connectivity index (χ0v) is 25.5. The molecule has 3 aromatic carbocycles. The Kier molecular flexibility index (Phi) is 5.73. The number of fused-ring (bicyclic) bond motifs is 4. The van der Waals surface area contributed by atoms with Crippen LogP contribution in [0, 0.1) is 18.8 Å². The summed E-state index contributed by atoms with van der Waals surface area (Å²) < 4.78 is 2.82. The van der Waals surface area contributed by atoms with Crippen LogP contribution in [0.3, 0.4) is 0 Å². The monoisotopic (exact) mass is 526 g/mol. The molecule has 1 atom stereocenters. The van der Waals surface area contributed by atoms with Crippen molar-refractivity contribution in [1.82, 2.24) is 0 Å². The second kappa shape index (κ2) is 8.90. The number of benzene rings is 3. The Morgan fingerprint density at radius 3 is 2.25 bits per heavy atom. The zero-order valence-electron chi connectivity index (χ0n) is 25.5. The van der Waals surface area contributed by atoms with Gasteiger partial charge in [0.1, 0.15) is 0 Å². The average Bonchev–Trinajstić information content (AvgIpc) is 3.22. The molecule has 1 heteroatoms. The van der Waals surface area contributed by atoms with Crippen LogP contribution >= 0.6 is 0 Å². The highest BCUT2D eigenvalue weighted by Gasteiger charge is 2.58. The molecule has 0 bridgehead atoms. The molecular weight excluding hydrogens is 482 g/mol. The van der Waals surface area contributed by atoms with Gasteiger partial charge in [-0.1, -0.05) is 95.7 Å². The number of aryl methyl sites for hydroxylation is 1. The van der Waals surface area contributed by atoms with Crippen molar-refractivity contribution in [3.8, 4) is 11.3 Å². The van der Waals surface area contributed by atoms with Gasteiger partial charge in [0.2, 0.25) is 16.7 Å². The topological polar surface area (TPSA) is 3.88 Å². The third-order valence-corrected chi connectivity index (χ3v) is 11.0. The van der Waals surface area contributed by atoms with E-state index in [1.165, 1.54) is 80.9 Å². The van der Waals surface area contributed by atoms with Crippen molar-refractivity contribution >= 4 is 21.7 Å². The van der Waals surface area contributed by atoms with Gasteiger partial charge in [-0.15, -0.1) is 0 Å². The van der Waals surface area contributed by atoms with E-state index in [0.29, 0.717) is 11.8 Å². The number of para-hydroxylation sites is 1. The van der Waals surface area contributed by atoms with Crippen LogP contribution in [0.25, 0.3) is 32.9 Å². The van der Waals surface area contributed by atoms with Crippen molar-refractivity contribution in [1.29, 1.82) is 0 Å². The number of allylic oxidation sites excluding steroid dienone is 4. The summed E-state index contributed by atoms with van der Waals surface area (Å²) in [5, 5.41) is 4.25. The lowest BCUT2D eigenvalue weighted by molar-refractivity contribution is -0.703. The van der Waals surface area contributed by atoms with Gasteiger partial charge in [0.15, 0.2) is 0 Å². The fourth-order valence-electron chi connectivity index (χ4n) is 9.04. The third-order valence-electron chi connectivity index (χ3n) is 11.0.